The summed E-state index contributed by atoms with van der Waals surface area (Å²) in [5.74, 6) is 1.52. The molecule has 0 aromatic heterocycles. The average Bonchev–Trinajstić information content (AvgIpc) is 2.42. The normalized spacial score (nSPS) is 15.4. The second-order valence-corrected chi connectivity index (χ2v) is 4.96. The minimum atomic E-state index is -0.516. The third-order valence-electron chi connectivity index (χ3n) is 2.83. The van der Waals surface area contributed by atoms with Gasteiger partial charge < -0.3 is 25.2 Å². The summed E-state index contributed by atoms with van der Waals surface area (Å²) in [7, 11) is 0. The molecule has 5 nitrogen and oxygen atoms in total. The van der Waals surface area contributed by atoms with Crippen LogP contribution in [0.2, 0.25) is 0 Å². The van der Waals surface area contributed by atoms with Gasteiger partial charge in [0.25, 0.3) is 0 Å². The molecule has 1 aromatic rings. The maximum absolute atomic E-state index is 9.77. The number of benzene rings is 1. The Morgan fingerprint density at radius 1 is 1.47 bits per heavy atom. The van der Waals surface area contributed by atoms with Gasteiger partial charge in [-0.3, -0.25) is 0 Å². The standard InChI is InChI=1S/C14H22N2O3/c1-10(2)16-8-11(17)9-19-12-3-4-13-14(7-12)18-6-5-15-13/h3-4,7,10-11,15-17H,5-6,8-9H2,1-2H3. The van der Waals surface area contributed by atoms with Crippen molar-refractivity contribution in [3.05, 3.63) is 18.2 Å². The molecule has 1 aliphatic rings. The maximum atomic E-state index is 9.77. The molecular formula is C14H22N2O3. The van der Waals surface area contributed by atoms with Crippen molar-refractivity contribution in [2.75, 3.05) is 31.6 Å². The molecule has 1 aromatic carbocycles. The van der Waals surface area contributed by atoms with Crippen LogP contribution in [0.3, 0.4) is 0 Å². The maximum Gasteiger partial charge on any atom is 0.146 e. The van der Waals surface area contributed by atoms with E-state index in [-0.39, 0.29) is 6.61 Å². The van der Waals surface area contributed by atoms with Crippen molar-refractivity contribution in [2.45, 2.75) is 26.0 Å². The number of rotatable bonds is 6. The average molecular weight is 266 g/mol. The van der Waals surface area contributed by atoms with Gasteiger partial charge in [0.2, 0.25) is 0 Å². The van der Waals surface area contributed by atoms with Gasteiger partial charge in [0.05, 0.1) is 5.69 Å². The minimum absolute atomic E-state index is 0.270. The summed E-state index contributed by atoms with van der Waals surface area (Å²) in [4.78, 5) is 0. The molecule has 2 rings (SSSR count). The van der Waals surface area contributed by atoms with Gasteiger partial charge in [0.1, 0.15) is 30.8 Å². The van der Waals surface area contributed by atoms with Gasteiger partial charge in [-0.15, -0.1) is 0 Å². The molecule has 0 bridgehead atoms. The Labute approximate surface area is 113 Å². The number of nitrogens with one attached hydrogen (secondary N) is 2. The van der Waals surface area contributed by atoms with Crippen molar-refractivity contribution in [3.8, 4) is 11.5 Å². The molecule has 0 fully saturated rings. The number of hydrogen-bond donors (Lipinski definition) is 3. The van der Waals surface area contributed by atoms with E-state index in [1.165, 1.54) is 0 Å². The van der Waals surface area contributed by atoms with E-state index in [1.54, 1.807) is 0 Å². The van der Waals surface area contributed by atoms with Gasteiger partial charge in [-0.1, -0.05) is 13.8 Å². The first-order valence-corrected chi connectivity index (χ1v) is 6.70. The zero-order valence-electron chi connectivity index (χ0n) is 11.5. The van der Waals surface area contributed by atoms with Crippen LogP contribution in [0.5, 0.6) is 11.5 Å². The lowest BCUT2D eigenvalue weighted by atomic mass is 10.2. The van der Waals surface area contributed by atoms with Crippen LogP contribution < -0.4 is 20.1 Å². The first kappa shape index (κ1) is 14.0. The molecule has 106 valence electrons. The van der Waals surface area contributed by atoms with Crippen LogP contribution in [0, 0.1) is 0 Å². The molecule has 3 N–H and O–H groups in total. The molecular weight excluding hydrogens is 244 g/mol. The van der Waals surface area contributed by atoms with Gasteiger partial charge in [-0.25, -0.2) is 0 Å². The molecule has 1 aliphatic heterocycles. The second-order valence-electron chi connectivity index (χ2n) is 4.96. The van der Waals surface area contributed by atoms with Crippen LogP contribution in [0.25, 0.3) is 0 Å². The summed E-state index contributed by atoms with van der Waals surface area (Å²) in [5.41, 5.74) is 0.987. The van der Waals surface area contributed by atoms with Crippen molar-refractivity contribution in [1.29, 1.82) is 0 Å². The van der Waals surface area contributed by atoms with E-state index in [9.17, 15) is 5.11 Å². The van der Waals surface area contributed by atoms with Gasteiger partial charge >= 0.3 is 0 Å². The van der Waals surface area contributed by atoms with Crippen molar-refractivity contribution in [2.24, 2.45) is 0 Å². The first-order chi connectivity index (χ1) is 9.15. The van der Waals surface area contributed by atoms with E-state index >= 15 is 0 Å². The van der Waals surface area contributed by atoms with Crippen LogP contribution in [-0.4, -0.2) is 43.6 Å². The monoisotopic (exact) mass is 266 g/mol. The van der Waals surface area contributed by atoms with Crippen molar-refractivity contribution < 1.29 is 14.6 Å². The number of aliphatic hydroxyl groups excluding tert-OH is 1. The van der Waals surface area contributed by atoms with E-state index in [4.69, 9.17) is 9.47 Å². The van der Waals surface area contributed by atoms with Gasteiger partial charge in [-0.05, 0) is 12.1 Å². The van der Waals surface area contributed by atoms with Crippen molar-refractivity contribution >= 4 is 5.69 Å². The van der Waals surface area contributed by atoms with Gasteiger partial charge in [0, 0.05) is 25.2 Å². The highest BCUT2D eigenvalue weighted by atomic mass is 16.5. The van der Waals surface area contributed by atoms with E-state index in [0.717, 1.165) is 18.0 Å². The van der Waals surface area contributed by atoms with Gasteiger partial charge in [0.15, 0.2) is 0 Å². The largest absolute Gasteiger partial charge is 0.491 e. The van der Waals surface area contributed by atoms with Crippen LogP contribution in [0.15, 0.2) is 18.2 Å². The molecule has 0 amide bonds. The van der Waals surface area contributed by atoms with Crippen molar-refractivity contribution in [1.82, 2.24) is 5.32 Å². The molecule has 1 heterocycles. The smallest absolute Gasteiger partial charge is 0.146 e. The number of aliphatic hydroxyl groups is 1. The third-order valence-corrected chi connectivity index (χ3v) is 2.83. The Morgan fingerprint density at radius 3 is 3.11 bits per heavy atom. The zero-order valence-corrected chi connectivity index (χ0v) is 11.5. The number of ether oxygens (including phenoxy) is 2. The van der Waals surface area contributed by atoms with E-state index in [1.807, 2.05) is 32.0 Å². The quantitative estimate of drug-likeness (QED) is 0.723. The van der Waals surface area contributed by atoms with Crippen LogP contribution >= 0.6 is 0 Å². The highest BCUT2D eigenvalue weighted by molar-refractivity contribution is 5.60. The van der Waals surface area contributed by atoms with Crippen LogP contribution in [0.1, 0.15) is 13.8 Å². The van der Waals surface area contributed by atoms with Crippen molar-refractivity contribution in [3.63, 3.8) is 0 Å². The molecule has 0 saturated heterocycles. The third kappa shape index (κ3) is 4.29. The lowest BCUT2D eigenvalue weighted by Gasteiger charge is -2.20. The minimum Gasteiger partial charge on any atom is -0.491 e. The highest BCUT2D eigenvalue weighted by Crippen LogP contribution is 2.31. The molecule has 5 heteroatoms. The number of anilines is 1. The fourth-order valence-electron chi connectivity index (χ4n) is 1.83. The Bertz CT molecular complexity index is 410. The molecule has 0 aliphatic carbocycles. The first-order valence-electron chi connectivity index (χ1n) is 6.70. The second kappa shape index (κ2) is 6.63. The molecule has 0 radical (unpaired) electrons. The fraction of sp³-hybridized carbons (Fsp3) is 0.571. The Balaban J connectivity index is 1.82. The van der Waals surface area contributed by atoms with E-state index in [0.29, 0.717) is 24.9 Å². The molecule has 1 atom stereocenters. The summed E-state index contributed by atoms with van der Waals surface area (Å²) in [6, 6.07) is 6.02. The summed E-state index contributed by atoms with van der Waals surface area (Å²) < 4.78 is 11.1. The van der Waals surface area contributed by atoms with E-state index in [2.05, 4.69) is 10.6 Å². The van der Waals surface area contributed by atoms with Crippen LogP contribution in [-0.2, 0) is 0 Å². The van der Waals surface area contributed by atoms with E-state index < -0.39 is 6.10 Å². The Morgan fingerprint density at radius 2 is 2.32 bits per heavy atom. The predicted molar refractivity (Wildman–Crippen MR) is 75.1 cm³/mol. The predicted octanol–water partition coefficient (Wildman–Crippen LogP) is 1.23. The highest BCUT2D eigenvalue weighted by Gasteiger charge is 2.11. The van der Waals surface area contributed by atoms with Crippen LogP contribution in [0.4, 0.5) is 5.69 Å². The van der Waals surface area contributed by atoms with Gasteiger partial charge in [-0.2, -0.15) is 0 Å². The Hall–Kier alpha value is -1.46. The number of hydrogen-bond acceptors (Lipinski definition) is 5. The lowest BCUT2D eigenvalue weighted by Crippen LogP contribution is -2.35. The summed E-state index contributed by atoms with van der Waals surface area (Å²) in [5, 5.41) is 16.2. The molecule has 0 saturated carbocycles. The molecule has 1 unspecified atom stereocenters. The lowest BCUT2D eigenvalue weighted by molar-refractivity contribution is 0.104. The molecule has 0 spiro atoms. The fourth-order valence-corrected chi connectivity index (χ4v) is 1.83. The topological polar surface area (TPSA) is 62.8 Å². The summed E-state index contributed by atoms with van der Waals surface area (Å²) in [6.07, 6.45) is -0.516. The zero-order chi connectivity index (χ0) is 13.7. The number of fused-ring (bicyclic) bond motifs is 1. The Kier molecular flexibility index (Phi) is 4.87. The summed E-state index contributed by atoms with van der Waals surface area (Å²) in [6.45, 7) is 6.37. The summed E-state index contributed by atoms with van der Waals surface area (Å²) >= 11 is 0. The SMILES string of the molecule is CC(C)NCC(O)COc1ccc2c(c1)OCCN2. The molecule has 19 heavy (non-hydrogen) atoms.